The summed E-state index contributed by atoms with van der Waals surface area (Å²) >= 11 is 0. The summed E-state index contributed by atoms with van der Waals surface area (Å²) in [6.07, 6.45) is 10.9. The summed E-state index contributed by atoms with van der Waals surface area (Å²) < 4.78 is 5.60. The highest BCUT2D eigenvalue weighted by Gasteiger charge is 2.15. The second-order valence-corrected chi connectivity index (χ2v) is 8.47. The molecule has 2 atom stereocenters. The minimum Gasteiger partial charge on any atom is -0.459 e. The molecule has 0 bridgehead atoms. The third-order valence-corrected chi connectivity index (χ3v) is 4.67. The standard InChI is InChI=1S/C22H44N2O2/c1-19(2)22(25)26-21(16-17-23(4)5)15-13-11-9-8-10-12-14-20(3)18-24(6)7/h20-21H,1,8-18H2,2-7H3. The van der Waals surface area contributed by atoms with Gasteiger partial charge in [0.05, 0.1) is 0 Å². The molecule has 4 heteroatoms. The smallest absolute Gasteiger partial charge is 0.333 e. The van der Waals surface area contributed by atoms with Gasteiger partial charge in [0.1, 0.15) is 6.10 Å². The lowest BCUT2D eigenvalue weighted by Crippen LogP contribution is -2.24. The van der Waals surface area contributed by atoms with Crippen molar-refractivity contribution in [2.45, 2.75) is 77.7 Å². The van der Waals surface area contributed by atoms with Crippen molar-refractivity contribution < 1.29 is 9.53 Å². The van der Waals surface area contributed by atoms with E-state index >= 15 is 0 Å². The van der Waals surface area contributed by atoms with Crippen LogP contribution >= 0.6 is 0 Å². The summed E-state index contributed by atoms with van der Waals surface area (Å²) in [6.45, 7) is 9.88. The fourth-order valence-electron chi connectivity index (χ4n) is 3.20. The molecule has 0 saturated heterocycles. The Morgan fingerprint density at radius 1 is 0.885 bits per heavy atom. The second-order valence-electron chi connectivity index (χ2n) is 8.47. The van der Waals surface area contributed by atoms with Crippen molar-refractivity contribution in [1.29, 1.82) is 0 Å². The number of hydrogen-bond acceptors (Lipinski definition) is 4. The Morgan fingerprint density at radius 2 is 1.42 bits per heavy atom. The Bertz CT molecular complexity index is 380. The van der Waals surface area contributed by atoms with Gasteiger partial charge in [0.25, 0.3) is 0 Å². The zero-order valence-corrected chi connectivity index (χ0v) is 18.4. The highest BCUT2D eigenvalue weighted by atomic mass is 16.5. The third-order valence-electron chi connectivity index (χ3n) is 4.67. The average Bonchev–Trinajstić information content (AvgIpc) is 2.53. The number of nitrogens with zero attached hydrogens (tertiary/aromatic N) is 2. The van der Waals surface area contributed by atoms with E-state index in [1.165, 1.54) is 45.1 Å². The first kappa shape index (κ1) is 25.1. The normalized spacial score (nSPS) is 13.8. The molecule has 0 aromatic carbocycles. The zero-order chi connectivity index (χ0) is 19.9. The predicted molar refractivity (Wildman–Crippen MR) is 113 cm³/mol. The number of hydrogen-bond donors (Lipinski definition) is 0. The van der Waals surface area contributed by atoms with E-state index < -0.39 is 0 Å². The molecule has 0 radical (unpaired) electrons. The number of ether oxygens (including phenoxy) is 1. The van der Waals surface area contributed by atoms with Crippen LogP contribution in [0.3, 0.4) is 0 Å². The molecule has 154 valence electrons. The van der Waals surface area contributed by atoms with Gasteiger partial charge in [-0.15, -0.1) is 0 Å². The molecule has 0 aromatic rings. The van der Waals surface area contributed by atoms with E-state index in [4.69, 9.17) is 4.74 Å². The van der Waals surface area contributed by atoms with Gasteiger partial charge in [0.15, 0.2) is 0 Å². The molecule has 0 heterocycles. The fourth-order valence-corrected chi connectivity index (χ4v) is 3.20. The quantitative estimate of drug-likeness (QED) is 0.224. The Labute approximate surface area is 163 Å². The molecular formula is C22H44N2O2. The van der Waals surface area contributed by atoms with Crippen LogP contribution in [0, 0.1) is 5.92 Å². The fraction of sp³-hybridized carbons (Fsp3) is 0.864. The Morgan fingerprint density at radius 3 is 1.92 bits per heavy atom. The SMILES string of the molecule is C=C(C)C(=O)OC(CCCCCCCCC(C)CN(C)C)CCN(C)C. The summed E-state index contributed by atoms with van der Waals surface area (Å²) in [6, 6.07) is 0. The summed E-state index contributed by atoms with van der Waals surface area (Å²) in [5.41, 5.74) is 0.489. The van der Waals surface area contributed by atoms with Crippen molar-refractivity contribution in [3.8, 4) is 0 Å². The lowest BCUT2D eigenvalue weighted by Gasteiger charge is -2.20. The summed E-state index contributed by atoms with van der Waals surface area (Å²) in [5, 5.41) is 0. The molecule has 26 heavy (non-hydrogen) atoms. The van der Waals surface area contributed by atoms with Gasteiger partial charge < -0.3 is 14.5 Å². The molecule has 0 aromatic heterocycles. The van der Waals surface area contributed by atoms with Crippen LogP contribution < -0.4 is 0 Å². The van der Waals surface area contributed by atoms with Gasteiger partial charge >= 0.3 is 5.97 Å². The summed E-state index contributed by atoms with van der Waals surface area (Å²) in [4.78, 5) is 16.2. The van der Waals surface area contributed by atoms with Crippen LogP contribution in [0.5, 0.6) is 0 Å². The van der Waals surface area contributed by atoms with Crippen LogP contribution in [0.4, 0.5) is 0 Å². The molecule has 0 N–H and O–H groups in total. The van der Waals surface area contributed by atoms with Crippen LogP contribution in [-0.2, 0) is 9.53 Å². The molecule has 0 rings (SSSR count). The van der Waals surface area contributed by atoms with Crippen molar-refractivity contribution in [3.05, 3.63) is 12.2 Å². The number of carbonyl (C=O) groups is 1. The largest absolute Gasteiger partial charge is 0.459 e. The van der Waals surface area contributed by atoms with E-state index in [0.29, 0.717) is 5.57 Å². The van der Waals surface area contributed by atoms with Gasteiger partial charge in [-0.2, -0.15) is 0 Å². The van der Waals surface area contributed by atoms with E-state index in [9.17, 15) is 4.79 Å². The molecule has 0 amide bonds. The monoisotopic (exact) mass is 368 g/mol. The van der Waals surface area contributed by atoms with Gasteiger partial charge in [-0.05, 0) is 66.7 Å². The maximum atomic E-state index is 11.8. The molecule has 0 spiro atoms. The van der Waals surface area contributed by atoms with Crippen molar-refractivity contribution in [2.75, 3.05) is 41.3 Å². The predicted octanol–water partition coefficient (Wildman–Crippen LogP) is 4.74. The minimum atomic E-state index is -0.249. The van der Waals surface area contributed by atoms with Crippen molar-refractivity contribution in [2.24, 2.45) is 5.92 Å². The van der Waals surface area contributed by atoms with Crippen LogP contribution in [0.2, 0.25) is 0 Å². The molecule has 0 aliphatic rings. The topological polar surface area (TPSA) is 32.8 Å². The molecule has 0 saturated carbocycles. The first-order chi connectivity index (χ1) is 12.2. The van der Waals surface area contributed by atoms with Crippen LogP contribution in [0.1, 0.15) is 71.6 Å². The number of rotatable bonds is 16. The van der Waals surface area contributed by atoms with Crippen molar-refractivity contribution in [3.63, 3.8) is 0 Å². The Kier molecular flexibility index (Phi) is 14.7. The molecule has 0 aliphatic carbocycles. The van der Waals surface area contributed by atoms with Gasteiger partial charge in [0, 0.05) is 18.7 Å². The van der Waals surface area contributed by atoms with Crippen LogP contribution in [0.15, 0.2) is 12.2 Å². The van der Waals surface area contributed by atoms with E-state index in [1.807, 2.05) is 0 Å². The van der Waals surface area contributed by atoms with Gasteiger partial charge in [0.2, 0.25) is 0 Å². The maximum absolute atomic E-state index is 11.8. The second kappa shape index (κ2) is 15.2. The van der Waals surface area contributed by atoms with E-state index in [1.54, 1.807) is 6.92 Å². The van der Waals surface area contributed by atoms with E-state index in [-0.39, 0.29) is 12.1 Å². The summed E-state index contributed by atoms with van der Waals surface area (Å²) in [7, 11) is 8.40. The zero-order valence-electron chi connectivity index (χ0n) is 18.4. The Balaban J connectivity index is 3.83. The van der Waals surface area contributed by atoms with Crippen LogP contribution in [-0.4, -0.2) is 63.2 Å². The minimum absolute atomic E-state index is 0.0217. The number of unbranched alkanes of at least 4 members (excludes halogenated alkanes) is 5. The highest BCUT2D eigenvalue weighted by Crippen LogP contribution is 2.16. The maximum Gasteiger partial charge on any atom is 0.333 e. The van der Waals surface area contributed by atoms with Crippen molar-refractivity contribution in [1.82, 2.24) is 9.80 Å². The molecule has 0 fully saturated rings. The van der Waals surface area contributed by atoms with Gasteiger partial charge in [-0.1, -0.05) is 45.6 Å². The van der Waals surface area contributed by atoms with Gasteiger partial charge in [-0.3, -0.25) is 0 Å². The van der Waals surface area contributed by atoms with Gasteiger partial charge in [-0.25, -0.2) is 4.79 Å². The lowest BCUT2D eigenvalue weighted by atomic mass is 10.0. The highest BCUT2D eigenvalue weighted by molar-refractivity contribution is 5.87. The first-order valence-electron chi connectivity index (χ1n) is 10.4. The Hall–Kier alpha value is -0.870. The van der Waals surface area contributed by atoms with E-state index in [2.05, 4.69) is 51.5 Å². The third kappa shape index (κ3) is 15.4. The number of carbonyl (C=O) groups excluding carboxylic acids is 1. The van der Waals surface area contributed by atoms with Crippen molar-refractivity contribution >= 4 is 5.97 Å². The van der Waals surface area contributed by atoms with E-state index in [0.717, 1.165) is 31.7 Å². The average molecular weight is 369 g/mol. The first-order valence-corrected chi connectivity index (χ1v) is 10.4. The molecular weight excluding hydrogens is 324 g/mol. The summed E-state index contributed by atoms with van der Waals surface area (Å²) in [5.74, 6) is 0.547. The molecule has 4 nitrogen and oxygen atoms in total. The molecule has 2 unspecified atom stereocenters. The number of esters is 1. The van der Waals surface area contributed by atoms with Crippen LogP contribution in [0.25, 0.3) is 0 Å². The lowest BCUT2D eigenvalue weighted by molar-refractivity contribution is -0.145. The molecule has 0 aliphatic heterocycles.